The van der Waals surface area contributed by atoms with Gasteiger partial charge >= 0.3 is 0 Å². The van der Waals surface area contributed by atoms with Gasteiger partial charge in [-0.3, -0.25) is 4.44 Å². The van der Waals surface area contributed by atoms with E-state index in [0.29, 0.717) is 0 Å². The highest BCUT2D eigenvalue weighted by Gasteiger charge is 2.04. The summed E-state index contributed by atoms with van der Waals surface area (Å²) in [5.41, 5.74) is 3.97. The number of hydrogen-bond donors (Lipinski definition) is 1. The number of hydrogen-bond acceptors (Lipinski definition) is 1. The van der Waals surface area contributed by atoms with Crippen LogP contribution in [0.4, 0.5) is 0 Å². The Bertz CT molecular complexity index is 463. The van der Waals surface area contributed by atoms with Crippen LogP contribution in [0.2, 0.25) is 0 Å². The standard InChI is InChI=1S/C11H16N2P2/c1-8-3-2-4-10-9(5-6-13(14)15)7-12-11(8)10/h2-4,7,12H,5-6,14-15H2,1H3. The molecule has 0 bridgehead atoms. The maximum absolute atomic E-state index is 3.35. The molecule has 1 aromatic heterocycles. The Hall–Kier alpha value is -0.420. The minimum Gasteiger partial charge on any atom is -0.361 e. The van der Waals surface area contributed by atoms with Gasteiger partial charge in [-0.25, -0.2) is 0 Å². The van der Waals surface area contributed by atoms with Gasteiger partial charge in [-0.15, -0.1) is 0 Å². The second-order valence-electron chi connectivity index (χ2n) is 3.80. The van der Waals surface area contributed by atoms with Crippen LogP contribution in [0.15, 0.2) is 24.4 Å². The fourth-order valence-corrected chi connectivity index (χ4v) is 2.08. The Labute approximate surface area is 94.9 Å². The Balaban J connectivity index is 2.33. The minimum absolute atomic E-state index is 1.02. The predicted octanol–water partition coefficient (Wildman–Crippen LogP) is 2.90. The van der Waals surface area contributed by atoms with Gasteiger partial charge in [-0.2, -0.15) is 0 Å². The van der Waals surface area contributed by atoms with Gasteiger partial charge in [0.15, 0.2) is 0 Å². The van der Waals surface area contributed by atoms with E-state index in [1.807, 2.05) is 0 Å². The number of aromatic amines is 1. The normalized spacial score (nSPS) is 11.5. The smallest absolute Gasteiger partial charge is 0.0486 e. The highest BCUT2D eigenvalue weighted by molar-refractivity contribution is 7.30. The van der Waals surface area contributed by atoms with E-state index in [-0.39, 0.29) is 0 Å². The van der Waals surface area contributed by atoms with Crippen LogP contribution in [0.25, 0.3) is 10.9 Å². The van der Waals surface area contributed by atoms with Crippen LogP contribution in [-0.4, -0.2) is 16.0 Å². The molecule has 0 spiro atoms. The lowest BCUT2D eigenvalue weighted by atomic mass is 10.1. The monoisotopic (exact) mass is 238 g/mol. The molecule has 0 fully saturated rings. The third-order valence-electron chi connectivity index (χ3n) is 2.65. The van der Waals surface area contributed by atoms with Crippen LogP contribution in [0.5, 0.6) is 0 Å². The SMILES string of the molecule is Cc1cccc2c(CCN(P)P)c[nH]c12. The first kappa shape index (κ1) is 11.1. The molecule has 0 saturated carbocycles. The van der Waals surface area contributed by atoms with Crippen LogP contribution < -0.4 is 0 Å². The lowest BCUT2D eigenvalue weighted by Crippen LogP contribution is -2.01. The zero-order valence-electron chi connectivity index (χ0n) is 8.83. The zero-order chi connectivity index (χ0) is 10.8. The van der Waals surface area contributed by atoms with Crippen molar-refractivity contribution in [3.8, 4) is 0 Å². The largest absolute Gasteiger partial charge is 0.361 e. The second kappa shape index (κ2) is 4.61. The highest BCUT2D eigenvalue weighted by Crippen LogP contribution is 2.22. The molecule has 2 aromatic rings. The summed E-state index contributed by atoms with van der Waals surface area (Å²) in [5.74, 6) is 0. The van der Waals surface area contributed by atoms with Gasteiger partial charge in [0.1, 0.15) is 0 Å². The Morgan fingerprint density at radius 3 is 2.87 bits per heavy atom. The van der Waals surface area contributed by atoms with Crippen molar-refractivity contribution in [3.63, 3.8) is 0 Å². The Kier molecular flexibility index (Phi) is 3.41. The molecule has 2 nitrogen and oxygen atoms in total. The van der Waals surface area contributed by atoms with Crippen molar-refractivity contribution in [2.75, 3.05) is 6.54 Å². The van der Waals surface area contributed by atoms with Crippen LogP contribution in [0, 0.1) is 6.92 Å². The zero-order valence-corrected chi connectivity index (χ0v) is 11.1. The first-order valence-corrected chi connectivity index (χ1v) is 6.04. The quantitative estimate of drug-likeness (QED) is 0.814. The number of para-hydroxylation sites is 1. The number of H-pyrrole nitrogens is 1. The van der Waals surface area contributed by atoms with Gasteiger partial charge < -0.3 is 4.98 Å². The van der Waals surface area contributed by atoms with Crippen molar-refractivity contribution < 1.29 is 0 Å². The summed E-state index contributed by atoms with van der Waals surface area (Å²) in [6.07, 6.45) is 3.19. The molecular weight excluding hydrogens is 222 g/mol. The summed E-state index contributed by atoms with van der Waals surface area (Å²) in [5, 5.41) is 1.35. The molecule has 0 amide bonds. The van der Waals surface area contributed by atoms with E-state index in [4.69, 9.17) is 0 Å². The summed E-state index contributed by atoms with van der Waals surface area (Å²) < 4.78 is 2.05. The van der Waals surface area contributed by atoms with Crippen LogP contribution in [0.1, 0.15) is 11.1 Å². The molecule has 4 heteroatoms. The fourth-order valence-electron chi connectivity index (χ4n) is 1.82. The van der Waals surface area contributed by atoms with Gasteiger partial charge in [-0.05, 0) is 24.5 Å². The minimum atomic E-state index is 1.02. The van der Waals surface area contributed by atoms with Crippen molar-refractivity contribution in [3.05, 3.63) is 35.5 Å². The van der Waals surface area contributed by atoms with E-state index < -0.39 is 0 Å². The van der Waals surface area contributed by atoms with Gasteiger partial charge in [0, 0.05) is 23.6 Å². The van der Waals surface area contributed by atoms with E-state index in [1.165, 1.54) is 22.0 Å². The van der Waals surface area contributed by atoms with E-state index in [0.717, 1.165) is 13.0 Å². The molecule has 1 aromatic carbocycles. The average Bonchev–Trinajstić information content (AvgIpc) is 2.59. The molecule has 1 heterocycles. The van der Waals surface area contributed by atoms with Gasteiger partial charge in [0.25, 0.3) is 0 Å². The summed E-state index contributed by atoms with van der Waals surface area (Å²) in [7, 11) is 5.31. The molecule has 0 aliphatic heterocycles. The third kappa shape index (κ3) is 2.39. The molecule has 0 aliphatic rings. The third-order valence-corrected chi connectivity index (χ3v) is 3.17. The predicted molar refractivity (Wildman–Crippen MR) is 72.9 cm³/mol. The summed E-state index contributed by atoms with van der Waals surface area (Å²) in [6, 6.07) is 6.44. The molecule has 2 rings (SSSR count). The number of aromatic nitrogens is 1. The maximum Gasteiger partial charge on any atom is 0.0486 e. The molecule has 1 N–H and O–H groups in total. The average molecular weight is 238 g/mol. The van der Waals surface area contributed by atoms with Gasteiger partial charge in [0.05, 0.1) is 0 Å². The number of benzene rings is 1. The number of aryl methyl sites for hydroxylation is 1. The van der Waals surface area contributed by atoms with Crippen molar-refractivity contribution in [2.45, 2.75) is 13.3 Å². The van der Waals surface area contributed by atoms with Crippen molar-refractivity contribution >= 4 is 29.7 Å². The summed E-state index contributed by atoms with van der Waals surface area (Å²) >= 11 is 0. The fraction of sp³-hybridized carbons (Fsp3) is 0.273. The topological polar surface area (TPSA) is 19.0 Å². The molecule has 0 saturated heterocycles. The summed E-state index contributed by atoms with van der Waals surface area (Å²) in [6.45, 7) is 3.16. The van der Waals surface area contributed by atoms with Gasteiger partial charge in [0.2, 0.25) is 0 Å². The number of fused-ring (bicyclic) bond motifs is 1. The molecule has 80 valence electrons. The first-order valence-electron chi connectivity index (χ1n) is 5.01. The molecule has 15 heavy (non-hydrogen) atoms. The lowest BCUT2D eigenvalue weighted by Gasteiger charge is -2.07. The molecule has 0 radical (unpaired) electrons. The number of nitrogens with zero attached hydrogens (tertiary/aromatic N) is 1. The van der Waals surface area contributed by atoms with Crippen LogP contribution >= 0.6 is 18.8 Å². The first-order chi connectivity index (χ1) is 7.18. The van der Waals surface area contributed by atoms with Crippen LogP contribution in [0.3, 0.4) is 0 Å². The molecular formula is C11H16N2P2. The van der Waals surface area contributed by atoms with E-state index in [1.54, 1.807) is 0 Å². The lowest BCUT2D eigenvalue weighted by molar-refractivity contribution is 0.728. The van der Waals surface area contributed by atoms with E-state index in [9.17, 15) is 0 Å². The van der Waals surface area contributed by atoms with E-state index in [2.05, 4.69) is 59.5 Å². The summed E-state index contributed by atoms with van der Waals surface area (Å²) in [4.78, 5) is 3.35. The second-order valence-corrected chi connectivity index (χ2v) is 5.72. The van der Waals surface area contributed by atoms with Crippen LogP contribution in [-0.2, 0) is 6.42 Å². The Morgan fingerprint density at radius 2 is 2.13 bits per heavy atom. The van der Waals surface area contributed by atoms with E-state index >= 15 is 0 Å². The van der Waals surface area contributed by atoms with Crippen molar-refractivity contribution in [1.82, 2.24) is 9.42 Å². The number of nitrogens with one attached hydrogen (secondary N) is 1. The molecule has 2 unspecified atom stereocenters. The molecule has 0 aliphatic carbocycles. The van der Waals surface area contributed by atoms with Crippen molar-refractivity contribution in [1.29, 1.82) is 0 Å². The highest BCUT2D eigenvalue weighted by atomic mass is 31.1. The Morgan fingerprint density at radius 1 is 1.33 bits per heavy atom. The molecule has 2 atom stereocenters. The maximum atomic E-state index is 3.35. The number of rotatable bonds is 3. The van der Waals surface area contributed by atoms with Gasteiger partial charge in [-0.1, -0.05) is 37.0 Å². The van der Waals surface area contributed by atoms with Crippen molar-refractivity contribution in [2.24, 2.45) is 0 Å².